The van der Waals surface area contributed by atoms with E-state index in [1.165, 1.54) is 0 Å². The van der Waals surface area contributed by atoms with Gasteiger partial charge in [-0.05, 0) is 50.3 Å². The van der Waals surface area contributed by atoms with E-state index in [2.05, 4.69) is 9.71 Å². The van der Waals surface area contributed by atoms with Gasteiger partial charge in [0.1, 0.15) is 0 Å². The molecule has 3 N–H and O–H groups in total. The first-order chi connectivity index (χ1) is 10.9. The molecule has 1 aromatic carbocycles. The molecule has 0 aliphatic heterocycles. The molecule has 122 valence electrons. The second-order valence-electron chi connectivity index (χ2n) is 5.77. The summed E-state index contributed by atoms with van der Waals surface area (Å²) < 4.78 is 15.4. The lowest BCUT2D eigenvalue weighted by atomic mass is 10.1. The molecule has 1 aromatic heterocycles. The maximum atomic E-state index is 12.6. The van der Waals surface area contributed by atoms with Crippen LogP contribution in [0.2, 0.25) is 5.02 Å². The number of rotatable bonds is 5. The third kappa shape index (κ3) is 3.14. The van der Waals surface area contributed by atoms with Crippen LogP contribution in [0.5, 0.6) is 0 Å². The number of anilines is 1. The highest BCUT2D eigenvalue weighted by Gasteiger charge is 2.26. The molecule has 1 aliphatic carbocycles. The van der Waals surface area contributed by atoms with Crippen LogP contribution in [0.3, 0.4) is 0 Å². The molecule has 1 saturated carbocycles. The predicted molar refractivity (Wildman–Crippen MR) is 90.7 cm³/mol. The minimum absolute atomic E-state index is 0.0500. The van der Waals surface area contributed by atoms with Crippen LogP contribution >= 0.6 is 11.6 Å². The molecule has 5 nitrogen and oxygen atoms in total. The summed E-state index contributed by atoms with van der Waals surface area (Å²) in [5, 5.41) is 9.97. The number of carboxylic acid groups (broad SMARTS) is 1. The number of hydrogen-bond donors (Lipinski definition) is 3. The van der Waals surface area contributed by atoms with Crippen molar-refractivity contribution in [1.82, 2.24) is 4.98 Å². The van der Waals surface area contributed by atoms with Gasteiger partial charge in [-0.1, -0.05) is 17.7 Å². The van der Waals surface area contributed by atoms with Gasteiger partial charge in [-0.2, -0.15) is 0 Å². The molecule has 0 amide bonds. The summed E-state index contributed by atoms with van der Waals surface area (Å²) in [4.78, 5) is 14.6. The number of benzene rings is 1. The molecule has 1 aliphatic rings. The van der Waals surface area contributed by atoms with Gasteiger partial charge in [0.25, 0.3) is 0 Å². The number of carboxylic acids is 1. The maximum absolute atomic E-state index is 12.6. The van der Waals surface area contributed by atoms with E-state index in [4.69, 9.17) is 11.6 Å². The third-order valence-electron chi connectivity index (χ3n) is 3.95. The predicted octanol–water partition coefficient (Wildman–Crippen LogP) is 4.00. The number of aromatic nitrogens is 1. The Morgan fingerprint density at radius 3 is 2.61 bits per heavy atom. The first-order valence-electron chi connectivity index (χ1n) is 7.28. The molecule has 1 unspecified atom stereocenters. The lowest BCUT2D eigenvalue weighted by Crippen LogP contribution is -2.10. The molecule has 1 atom stereocenters. The molecule has 1 fully saturated rings. The van der Waals surface area contributed by atoms with Crippen molar-refractivity contribution in [3.8, 4) is 0 Å². The van der Waals surface area contributed by atoms with Gasteiger partial charge in [-0.3, -0.25) is 0 Å². The SMILES string of the molecule is Cc1[nH]c(C)c(S(=O)Nc2ccc(C3CC3)c(Cl)c2)c1C(=O)O. The molecule has 2 aromatic rings. The smallest absolute Gasteiger partial charge is 0.338 e. The first-order valence-corrected chi connectivity index (χ1v) is 8.81. The van der Waals surface area contributed by atoms with E-state index in [1.807, 2.05) is 12.1 Å². The number of hydrogen-bond acceptors (Lipinski definition) is 2. The maximum Gasteiger partial charge on any atom is 0.338 e. The summed E-state index contributed by atoms with van der Waals surface area (Å²) in [5.74, 6) is -0.561. The Bertz CT molecular complexity index is 812. The summed E-state index contributed by atoms with van der Waals surface area (Å²) >= 11 is 6.27. The molecule has 3 rings (SSSR count). The van der Waals surface area contributed by atoms with Crippen molar-refractivity contribution in [2.75, 3.05) is 4.72 Å². The lowest BCUT2D eigenvalue weighted by molar-refractivity contribution is 0.0692. The van der Waals surface area contributed by atoms with Crippen LogP contribution in [0.1, 0.15) is 46.1 Å². The minimum atomic E-state index is -1.69. The second-order valence-corrected chi connectivity index (χ2v) is 7.32. The fourth-order valence-corrected chi connectivity index (χ4v) is 4.25. The van der Waals surface area contributed by atoms with Crippen molar-refractivity contribution in [3.63, 3.8) is 0 Å². The topological polar surface area (TPSA) is 82.2 Å². The molecule has 0 radical (unpaired) electrons. The number of aromatic carboxylic acids is 1. The van der Waals surface area contributed by atoms with Crippen LogP contribution < -0.4 is 4.72 Å². The molecule has 7 heteroatoms. The van der Waals surface area contributed by atoms with Crippen LogP contribution in [-0.2, 0) is 11.0 Å². The number of H-pyrrole nitrogens is 1. The number of carbonyl (C=O) groups is 1. The van der Waals surface area contributed by atoms with E-state index in [-0.39, 0.29) is 10.5 Å². The third-order valence-corrected chi connectivity index (χ3v) is 5.57. The Labute approximate surface area is 141 Å². The van der Waals surface area contributed by atoms with Gasteiger partial charge < -0.3 is 14.8 Å². The highest BCUT2D eigenvalue weighted by atomic mass is 35.5. The first kappa shape index (κ1) is 16.1. The summed E-state index contributed by atoms with van der Waals surface area (Å²) in [6, 6.07) is 5.50. The van der Waals surface area contributed by atoms with Gasteiger partial charge in [0.05, 0.1) is 10.5 Å². The van der Waals surface area contributed by atoms with Crippen molar-refractivity contribution in [1.29, 1.82) is 0 Å². The number of nitrogens with one attached hydrogen (secondary N) is 2. The largest absolute Gasteiger partial charge is 0.478 e. The Kier molecular flexibility index (Phi) is 4.21. The van der Waals surface area contributed by atoms with Crippen molar-refractivity contribution in [2.24, 2.45) is 0 Å². The van der Waals surface area contributed by atoms with Crippen LogP contribution in [0.15, 0.2) is 23.1 Å². The van der Waals surface area contributed by atoms with Gasteiger partial charge in [0, 0.05) is 22.1 Å². The van der Waals surface area contributed by atoms with Crippen LogP contribution in [-0.4, -0.2) is 20.3 Å². The van der Waals surface area contributed by atoms with Gasteiger partial charge in [-0.25, -0.2) is 9.00 Å². The quantitative estimate of drug-likeness (QED) is 0.760. The average molecular weight is 353 g/mol. The standard InChI is InChI=1S/C16H17ClN2O3S/c1-8-14(16(20)21)15(9(2)18-8)23(22)19-11-5-6-12(10-3-4-10)13(17)7-11/h5-7,10,18-19H,3-4H2,1-2H3,(H,20,21). The Morgan fingerprint density at radius 1 is 1.35 bits per heavy atom. The molecular formula is C16H17ClN2O3S. The van der Waals surface area contributed by atoms with E-state index < -0.39 is 17.0 Å². The molecule has 1 heterocycles. The van der Waals surface area contributed by atoms with E-state index in [9.17, 15) is 14.1 Å². The Morgan fingerprint density at radius 2 is 2.04 bits per heavy atom. The van der Waals surface area contributed by atoms with E-state index >= 15 is 0 Å². The highest BCUT2D eigenvalue weighted by molar-refractivity contribution is 7.86. The van der Waals surface area contributed by atoms with Gasteiger partial charge in [-0.15, -0.1) is 0 Å². The number of aromatic amines is 1. The average Bonchev–Trinajstić information content (AvgIpc) is 3.23. The molecule has 23 heavy (non-hydrogen) atoms. The molecular weight excluding hydrogens is 336 g/mol. The summed E-state index contributed by atoms with van der Waals surface area (Å²) in [6.45, 7) is 3.36. The second kappa shape index (κ2) is 6.02. The van der Waals surface area contributed by atoms with E-state index in [0.717, 1.165) is 18.4 Å². The van der Waals surface area contributed by atoms with Gasteiger partial charge in [0.15, 0.2) is 11.0 Å². The van der Waals surface area contributed by atoms with Crippen LogP contribution in [0.4, 0.5) is 5.69 Å². The normalized spacial score (nSPS) is 15.4. The van der Waals surface area contributed by atoms with E-state index in [1.54, 1.807) is 19.9 Å². The van der Waals surface area contributed by atoms with Crippen molar-refractivity contribution < 1.29 is 14.1 Å². The highest BCUT2D eigenvalue weighted by Crippen LogP contribution is 2.43. The zero-order valence-electron chi connectivity index (χ0n) is 12.8. The molecule has 0 spiro atoms. The van der Waals surface area contributed by atoms with E-state index in [0.29, 0.717) is 28.0 Å². The van der Waals surface area contributed by atoms with Crippen molar-refractivity contribution in [3.05, 3.63) is 45.7 Å². The summed E-state index contributed by atoms with van der Waals surface area (Å²) in [7, 11) is -1.69. The van der Waals surface area contributed by atoms with Crippen molar-refractivity contribution in [2.45, 2.75) is 37.5 Å². The summed E-state index contributed by atoms with van der Waals surface area (Å²) in [5.41, 5.74) is 2.83. The summed E-state index contributed by atoms with van der Waals surface area (Å²) in [6.07, 6.45) is 2.31. The Hall–Kier alpha value is -1.79. The van der Waals surface area contributed by atoms with Crippen molar-refractivity contribution >= 4 is 34.2 Å². The van der Waals surface area contributed by atoms with Gasteiger partial charge in [0.2, 0.25) is 0 Å². The van der Waals surface area contributed by atoms with Crippen LogP contribution in [0.25, 0.3) is 0 Å². The Balaban J connectivity index is 1.87. The molecule has 0 saturated heterocycles. The minimum Gasteiger partial charge on any atom is -0.478 e. The number of halogens is 1. The monoisotopic (exact) mass is 352 g/mol. The van der Waals surface area contributed by atoms with Crippen LogP contribution in [0, 0.1) is 13.8 Å². The fraction of sp³-hybridized carbons (Fsp3) is 0.312. The fourth-order valence-electron chi connectivity index (χ4n) is 2.72. The van der Waals surface area contributed by atoms with Gasteiger partial charge >= 0.3 is 5.97 Å². The number of aryl methyl sites for hydroxylation is 2. The lowest BCUT2D eigenvalue weighted by Gasteiger charge is -2.09. The zero-order chi connectivity index (χ0) is 16.7. The molecule has 0 bridgehead atoms. The zero-order valence-corrected chi connectivity index (χ0v) is 14.3.